The van der Waals surface area contributed by atoms with Crippen LogP contribution in [0.1, 0.15) is 25.7 Å². The predicted octanol–water partition coefficient (Wildman–Crippen LogP) is -0.465. The highest BCUT2D eigenvalue weighted by atomic mass is 16.5. The Kier molecular flexibility index (Phi) is 8.36. The van der Waals surface area contributed by atoms with Crippen molar-refractivity contribution in [1.82, 2.24) is 0 Å². The minimum atomic E-state index is -0.993. The number of carbonyl (C=O) groups excluding carboxylic acids is 1. The normalized spacial score (nSPS) is 14.7. The van der Waals surface area contributed by atoms with E-state index in [4.69, 9.17) is 21.3 Å². The van der Waals surface area contributed by atoms with Crippen molar-refractivity contribution in [3.05, 3.63) is 0 Å². The van der Waals surface area contributed by atoms with Gasteiger partial charge >= 0.3 is 11.9 Å². The molecule has 0 heterocycles. The molecular weight excluding hydrogens is 262 g/mol. The van der Waals surface area contributed by atoms with Crippen LogP contribution in [0, 0.1) is 0 Å². The Bertz CT molecular complexity index is 315. The molecule has 0 rings (SSSR count). The molecule has 7 nitrogen and oxygen atoms in total. The zero-order valence-corrected chi connectivity index (χ0v) is 12.7. The summed E-state index contributed by atoms with van der Waals surface area (Å²) in [6.45, 7) is 0.985. The Morgan fingerprint density at radius 1 is 1.25 bits per heavy atom. The largest absolute Gasteiger partial charge is 0.481 e. The lowest BCUT2D eigenvalue weighted by molar-refractivity contribution is -0.873. The number of hydrogen-bond donors (Lipinski definition) is 3. The van der Waals surface area contributed by atoms with Gasteiger partial charge in [-0.15, -0.1) is 0 Å². The molecule has 2 unspecified atom stereocenters. The second kappa shape index (κ2) is 8.89. The highest BCUT2D eigenvalue weighted by molar-refractivity contribution is 5.76. The van der Waals surface area contributed by atoms with E-state index in [0.717, 1.165) is 12.8 Å². The fourth-order valence-corrected chi connectivity index (χ4v) is 1.83. The van der Waals surface area contributed by atoms with E-state index in [-0.39, 0.29) is 6.42 Å². The lowest BCUT2D eigenvalue weighted by Gasteiger charge is -2.28. The number of quaternary nitrogens is 1. The number of hydrogen-bond acceptors (Lipinski definition) is 5. The van der Waals surface area contributed by atoms with Crippen LogP contribution in [0.3, 0.4) is 0 Å². The molecule has 0 aliphatic rings. The first kappa shape index (κ1) is 18.8. The van der Waals surface area contributed by atoms with E-state index in [1.807, 2.05) is 21.1 Å². The molecule has 0 fully saturated rings. The van der Waals surface area contributed by atoms with Gasteiger partial charge in [0.1, 0.15) is 12.6 Å². The molecule has 0 bridgehead atoms. The molecule has 5 N–H and O–H groups in total. The van der Waals surface area contributed by atoms with Crippen LogP contribution in [0.2, 0.25) is 0 Å². The molecule has 20 heavy (non-hydrogen) atoms. The van der Waals surface area contributed by atoms with Gasteiger partial charge in [0.25, 0.3) is 0 Å². The third-order valence-electron chi connectivity index (χ3n) is 2.71. The number of ether oxygens (including phenoxy) is 1. The van der Waals surface area contributed by atoms with E-state index in [1.165, 1.54) is 0 Å². The standard InChI is InChI=1S/C13H27N3O4/c1-16(2,3)9-10(8-12(17)18)20-13(19)11(15)6-4-5-7-14/h10-11H,4-9,14-15H2,1-3H3/p+1. The minimum absolute atomic E-state index is 0.212. The Labute approximate surface area is 120 Å². The molecule has 0 spiro atoms. The van der Waals surface area contributed by atoms with Crippen molar-refractivity contribution >= 4 is 11.9 Å². The molecule has 0 aromatic heterocycles. The van der Waals surface area contributed by atoms with Crippen molar-refractivity contribution in [2.45, 2.75) is 37.8 Å². The van der Waals surface area contributed by atoms with Crippen LogP contribution in [0.25, 0.3) is 0 Å². The fraction of sp³-hybridized carbons (Fsp3) is 0.846. The van der Waals surface area contributed by atoms with Gasteiger partial charge in [-0.05, 0) is 19.4 Å². The zero-order valence-electron chi connectivity index (χ0n) is 12.7. The van der Waals surface area contributed by atoms with E-state index in [1.54, 1.807) is 0 Å². The number of nitrogens with zero attached hydrogens (tertiary/aromatic N) is 1. The average molecular weight is 290 g/mol. The Morgan fingerprint density at radius 3 is 2.30 bits per heavy atom. The number of unbranched alkanes of at least 4 members (excludes halogenated alkanes) is 1. The van der Waals surface area contributed by atoms with Gasteiger partial charge in [-0.1, -0.05) is 6.42 Å². The molecule has 0 saturated carbocycles. The van der Waals surface area contributed by atoms with Gasteiger partial charge in [-0.25, -0.2) is 0 Å². The van der Waals surface area contributed by atoms with E-state index >= 15 is 0 Å². The van der Waals surface area contributed by atoms with Gasteiger partial charge in [0, 0.05) is 0 Å². The highest BCUT2D eigenvalue weighted by Gasteiger charge is 2.26. The van der Waals surface area contributed by atoms with Gasteiger partial charge in [-0.2, -0.15) is 0 Å². The van der Waals surface area contributed by atoms with Crippen LogP contribution in [0.15, 0.2) is 0 Å². The van der Waals surface area contributed by atoms with Crippen molar-refractivity contribution in [3.63, 3.8) is 0 Å². The summed E-state index contributed by atoms with van der Waals surface area (Å²) in [5, 5.41) is 8.86. The summed E-state index contributed by atoms with van der Waals surface area (Å²) in [5.41, 5.74) is 11.1. The summed E-state index contributed by atoms with van der Waals surface area (Å²) in [7, 11) is 5.72. The maximum atomic E-state index is 11.8. The molecule has 0 aliphatic heterocycles. The lowest BCUT2D eigenvalue weighted by atomic mass is 10.1. The number of carboxylic acid groups (broad SMARTS) is 1. The minimum Gasteiger partial charge on any atom is -0.481 e. The van der Waals surface area contributed by atoms with Crippen LogP contribution in [-0.2, 0) is 14.3 Å². The fourth-order valence-electron chi connectivity index (χ4n) is 1.83. The molecule has 0 saturated heterocycles. The summed E-state index contributed by atoms with van der Waals surface area (Å²) in [6.07, 6.45) is 1.18. The van der Waals surface area contributed by atoms with Crippen molar-refractivity contribution in [3.8, 4) is 0 Å². The van der Waals surface area contributed by atoms with Crippen LogP contribution < -0.4 is 11.5 Å². The second-order valence-corrected chi connectivity index (χ2v) is 6.02. The van der Waals surface area contributed by atoms with Crippen molar-refractivity contribution < 1.29 is 23.9 Å². The predicted molar refractivity (Wildman–Crippen MR) is 75.9 cm³/mol. The Hall–Kier alpha value is -1.18. The molecule has 0 aliphatic carbocycles. The first-order valence-corrected chi connectivity index (χ1v) is 6.84. The van der Waals surface area contributed by atoms with Crippen LogP contribution in [0.5, 0.6) is 0 Å². The number of esters is 1. The summed E-state index contributed by atoms with van der Waals surface area (Å²) >= 11 is 0. The monoisotopic (exact) mass is 290 g/mol. The maximum absolute atomic E-state index is 11.8. The van der Waals surface area contributed by atoms with Crippen molar-refractivity contribution in [2.24, 2.45) is 11.5 Å². The summed E-state index contributed by atoms with van der Waals surface area (Å²) in [4.78, 5) is 22.7. The number of likely N-dealkylation sites (N-methyl/N-ethyl adjacent to an activating group) is 1. The van der Waals surface area contributed by atoms with Gasteiger partial charge in [-0.3, -0.25) is 9.59 Å². The van der Waals surface area contributed by atoms with E-state index < -0.39 is 24.1 Å². The van der Waals surface area contributed by atoms with Crippen LogP contribution in [-0.4, -0.2) is 67.9 Å². The van der Waals surface area contributed by atoms with Gasteiger partial charge in [0.05, 0.1) is 27.6 Å². The number of nitrogens with two attached hydrogens (primary N) is 2. The van der Waals surface area contributed by atoms with Crippen molar-refractivity contribution in [2.75, 3.05) is 34.2 Å². The third-order valence-corrected chi connectivity index (χ3v) is 2.71. The zero-order chi connectivity index (χ0) is 15.8. The second-order valence-electron chi connectivity index (χ2n) is 6.02. The SMILES string of the molecule is C[N+](C)(C)CC(CC(=O)O)OC(=O)C(N)CCCCN. The Morgan fingerprint density at radius 2 is 1.85 bits per heavy atom. The lowest BCUT2D eigenvalue weighted by Crippen LogP contribution is -2.45. The summed E-state index contributed by atoms with van der Waals surface area (Å²) in [5.74, 6) is -1.53. The van der Waals surface area contributed by atoms with E-state index in [0.29, 0.717) is 24.0 Å². The van der Waals surface area contributed by atoms with Gasteiger partial charge < -0.3 is 25.8 Å². The third kappa shape index (κ3) is 9.71. The average Bonchev–Trinajstić information content (AvgIpc) is 2.25. The molecule has 0 amide bonds. The first-order valence-electron chi connectivity index (χ1n) is 6.84. The molecule has 0 radical (unpaired) electrons. The van der Waals surface area contributed by atoms with E-state index in [2.05, 4.69) is 0 Å². The first-order chi connectivity index (χ1) is 9.15. The van der Waals surface area contributed by atoms with Gasteiger partial charge in [0.15, 0.2) is 6.10 Å². The maximum Gasteiger partial charge on any atom is 0.323 e. The van der Waals surface area contributed by atoms with Crippen LogP contribution in [0.4, 0.5) is 0 Å². The number of carboxylic acids is 1. The number of carbonyl (C=O) groups is 2. The Balaban J connectivity index is 4.40. The molecule has 0 aromatic carbocycles. The summed E-state index contributed by atoms with van der Waals surface area (Å²) < 4.78 is 5.75. The molecule has 7 heteroatoms. The molecule has 0 aromatic rings. The quantitative estimate of drug-likeness (QED) is 0.285. The highest BCUT2D eigenvalue weighted by Crippen LogP contribution is 2.08. The number of aliphatic carboxylic acids is 1. The topological polar surface area (TPSA) is 116 Å². The molecular formula is C13H28N3O4+. The molecule has 118 valence electrons. The molecule has 2 atom stereocenters. The van der Waals surface area contributed by atoms with Gasteiger partial charge in [0.2, 0.25) is 0 Å². The van der Waals surface area contributed by atoms with Crippen molar-refractivity contribution in [1.29, 1.82) is 0 Å². The summed E-state index contributed by atoms with van der Waals surface area (Å²) in [6, 6.07) is -0.717. The number of rotatable bonds is 10. The van der Waals surface area contributed by atoms with E-state index in [9.17, 15) is 9.59 Å². The smallest absolute Gasteiger partial charge is 0.323 e. The van der Waals surface area contributed by atoms with Crippen LogP contribution >= 0.6 is 0 Å².